The van der Waals surface area contributed by atoms with E-state index >= 15 is 0 Å². The Balaban J connectivity index is 1.46. The number of nitrogens with zero attached hydrogens (tertiary/aromatic N) is 3. The van der Waals surface area contributed by atoms with Crippen LogP contribution in [0.4, 0.5) is 11.5 Å². The van der Waals surface area contributed by atoms with Gasteiger partial charge in [-0.05, 0) is 67.8 Å². The standard InChI is InChI=1S/C25H24N4O3/c1-31-23-16-18(17-26)7-12-22(23)32-20-10-8-19(9-11-20)28-25(30)21-6-5-13-27-24(21)29-14-3-2-4-15-29/h5-13,16H,2-4,14-15H2,1H3,(H,28,30). The van der Waals surface area contributed by atoms with Crippen LogP contribution in [-0.4, -0.2) is 31.1 Å². The molecular formula is C25H24N4O3. The summed E-state index contributed by atoms with van der Waals surface area (Å²) in [6, 6.07) is 17.7. The van der Waals surface area contributed by atoms with Crippen LogP contribution >= 0.6 is 0 Å². The summed E-state index contributed by atoms with van der Waals surface area (Å²) in [4.78, 5) is 19.6. The summed E-state index contributed by atoms with van der Waals surface area (Å²) in [5.41, 5.74) is 1.71. The smallest absolute Gasteiger partial charge is 0.259 e. The number of rotatable bonds is 6. The number of pyridine rings is 1. The van der Waals surface area contributed by atoms with E-state index in [1.165, 1.54) is 13.5 Å². The van der Waals surface area contributed by atoms with E-state index in [0.29, 0.717) is 34.1 Å². The van der Waals surface area contributed by atoms with Gasteiger partial charge < -0.3 is 19.7 Å². The van der Waals surface area contributed by atoms with Crippen molar-refractivity contribution in [1.82, 2.24) is 4.98 Å². The molecule has 1 aliphatic rings. The number of piperidine rings is 1. The van der Waals surface area contributed by atoms with Gasteiger partial charge >= 0.3 is 0 Å². The van der Waals surface area contributed by atoms with E-state index in [9.17, 15) is 4.79 Å². The van der Waals surface area contributed by atoms with Gasteiger partial charge in [0.1, 0.15) is 11.6 Å². The monoisotopic (exact) mass is 428 g/mol. The number of hydrogen-bond donors (Lipinski definition) is 1. The Bertz CT molecular complexity index is 1130. The van der Waals surface area contributed by atoms with Crippen LogP contribution in [0.3, 0.4) is 0 Å². The first kappa shape index (κ1) is 21.2. The number of amides is 1. The summed E-state index contributed by atoms with van der Waals surface area (Å²) in [5, 5.41) is 12.0. The highest BCUT2D eigenvalue weighted by Crippen LogP contribution is 2.32. The van der Waals surface area contributed by atoms with Crippen molar-refractivity contribution in [3.05, 3.63) is 71.9 Å². The van der Waals surface area contributed by atoms with Gasteiger partial charge in [-0.3, -0.25) is 4.79 Å². The van der Waals surface area contributed by atoms with E-state index in [0.717, 1.165) is 31.7 Å². The zero-order chi connectivity index (χ0) is 22.3. The van der Waals surface area contributed by atoms with E-state index in [1.54, 1.807) is 60.8 Å². The molecule has 7 heteroatoms. The zero-order valence-electron chi connectivity index (χ0n) is 17.9. The molecule has 1 N–H and O–H groups in total. The van der Waals surface area contributed by atoms with Crippen molar-refractivity contribution >= 4 is 17.4 Å². The van der Waals surface area contributed by atoms with Crippen molar-refractivity contribution in [2.24, 2.45) is 0 Å². The molecule has 0 spiro atoms. The van der Waals surface area contributed by atoms with Crippen molar-refractivity contribution in [1.29, 1.82) is 5.26 Å². The number of carbonyl (C=O) groups excluding carboxylic acids is 1. The normalized spacial score (nSPS) is 13.2. The van der Waals surface area contributed by atoms with Gasteiger partial charge in [0.05, 0.1) is 24.3 Å². The maximum atomic E-state index is 12.9. The highest BCUT2D eigenvalue weighted by molar-refractivity contribution is 6.07. The Labute approximate surface area is 187 Å². The van der Waals surface area contributed by atoms with Gasteiger partial charge in [0.2, 0.25) is 0 Å². The molecule has 1 aliphatic heterocycles. The van der Waals surface area contributed by atoms with E-state index in [-0.39, 0.29) is 5.91 Å². The number of aromatic nitrogens is 1. The van der Waals surface area contributed by atoms with Crippen LogP contribution in [0, 0.1) is 11.3 Å². The lowest BCUT2D eigenvalue weighted by Gasteiger charge is -2.29. The molecule has 0 radical (unpaired) electrons. The fraction of sp³-hybridized carbons (Fsp3) is 0.240. The predicted molar refractivity (Wildman–Crippen MR) is 122 cm³/mol. The molecule has 0 saturated carbocycles. The van der Waals surface area contributed by atoms with Crippen LogP contribution < -0.4 is 19.7 Å². The minimum atomic E-state index is -0.193. The van der Waals surface area contributed by atoms with Crippen molar-refractivity contribution in [3.8, 4) is 23.3 Å². The highest BCUT2D eigenvalue weighted by Gasteiger charge is 2.19. The lowest BCUT2D eigenvalue weighted by Crippen LogP contribution is -2.32. The summed E-state index contributed by atoms with van der Waals surface area (Å²) >= 11 is 0. The molecule has 1 fully saturated rings. The van der Waals surface area contributed by atoms with Gasteiger partial charge in [-0.2, -0.15) is 5.26 Å². The number of carbonyl (C=O) groups is 1. The number of ether oxygens (including phenoxy) is 2. The third-order valence-electron chi connectivity index (χ3n) is 5.32. The lowest BCUT2D eigenvalue weighted by molar-refractivity contribution is 0.102. The Morgan fingerprint density at radius 1 is 1.06 bits per heavy atom. The van der Waals surface area contributed by atoms with Crippen molar-refractivity contribution in [3.63, 3.8) is 0 Å². The average molecular weight is 428 g/mol. The van der Waals surface area contributed by atoms with Crippen LogP contribution in [0.25, 0.3) is 0 Å². The van der Waals surface area contributed by atoms with Crippen molar-refractivity contribution < 1.29 is 14.3 Å². The second kappa shape index (κ2) is 9.84. The predicted octanol–water partition coefficient (Wildman–Crippen LogP) is 5.00. The average Bonchev–Trinajstić information content (AvgIpc) is 2.86. The van der Waals surface area contributed by atoms with Gasteiger partial charge in [-0.15, -0.1) is 0 Å². The molecule has 3 aromatic rings. The fourth-order valence-electron chi connectivity index (χ4n) is 3.69. The fourth-order valence-corrected chi connectivity index (χ4v) is 3.69. The van der Waals surface area contributed by atoms with Crippen LogP contribution in [0.1, 0.15) is 35.2 Å². The lowest BCUT2D eigenvalue weighted by atomic mass is 10.1. The molecule has 2 heterocycles. The van der Waals surface area contributed by atoms with E-state index < -0.39 is 0 Å². The topological polar surface area (TPSA) is 87.5 Å². The zero-order valence-corrected chi connectivity index (χ0v) is 17.9. The van der Waals surface area contributed by atoms with Gasteiger partial charge in [-0.25, -0.2) is 4.98 Å². The first-order valence-corrected chi connectivity index (χ1v) is 10.6. The molecule has 0 bridgehead atoms. The Morgan fingerprint density at radius 3 is 2.56 bits per heavy atom. The van der Waals surface area contributed by atoms with Gasteiger partial charge in [-0.1, -0.05) is 0 Å². The Hall–Kier alpha value is -4.05. The minimum Gasteiger partial charge on any atom is -0.493 e. The van der Waals surface area contributed by atoms with E-state index in [4.69, 9.17) is 14.7 Å². The van der Waals surface area contributed by atoms with Gasteiger partial charge in [0.15, 0.2) is 11.5 Å². The Kier molecular flexibility index (Phi) is 6.52. The number of benzene rings is 2. The van der Waals surface area contributed by atoms with Gasteiger partial charge in [0.25, 0.3) is 5.91 Å². The van der Waals surface area contributed by atoms with Crippen LogP contribution in [0.15, 0.2) is 60.8 Å². The molecule has 1 aromatic heterocycles. The molecule has 1 saturated heterocycles. The number of anilines is 2. The van der Waals surface area contributed by atoms with Crippen molar-refractivity contribution in [2.45, 2.75) is 19.3 Å². The molecular weight excluding hydrogens is 404 g/mol. The molecule has 0 aliphatic carbocycles. The van der Waals surface area contributed by atoms with E-state index in [2.05, 4.69) is 21.3 Å². The Morgan fingerprint density at radius 2 is 1.84 bits per heavy atom. The second-order valence-corrected chi connectivity index (χ2v) is 7.48. The van der Waals surface area contributed by atoms with Crippen LogP contribution in [0.5, 0.6) is 17.2 Å². The molecule has 32 heavy (non-hydrogen) atoms. The maximum absolute atomic E-state index is 12.9. The maximum Gasteiger partial charge on any atom is 0.259 e. The summed E-state index contributed by atoms with van der Waals surface area (Å²) < 4.78 is 11.2. The molecule has 2 aromatic carbocycles. The van der Waals surface area contributed by atoms with Crippen LogP contribution in [0.2, 0.25) is 0 Å². The van der Waals surface area contributed by atoms with Gasteiger partial charge in [0, 0.05) is 31.0 Å². The van der Waals surface area contributed by atoms with Crippen molar-refractivity contribution in [2.75, 3.05) is 30.4 Å². The molecule has 7 nitrogen and oxygen atoms in total. The molecule has 4 rings (SSSR count). The highest BCUT2D eigenvalue weighted by atomic mass is 16.5. The summed E-state index contributed by atoms with van der Waals surface area (Å²) in [6.45, 7) is 1.84. The molecule has 0 unspecified atom stereocenters. The number of nitriles is 1. The molecule has 0 atom stereocenters. The number of methoxy groups -OCH3 is 1. The summed E-state index contributed by atoms with van der Waals surface area (Å²) in [5.74, 6) is 2.10. The minimum absolute atomic E-state index is 0.193. The third kappa shape index (κ3) is 4.81. The van der Waals surface area contributed by atoms with Crippen LogP contribution in [-0.2, 0) is 0 Å². The largest absolute Gasteiger partial charge is 0.493 e. The number of hydrogen-bond acceptors (Lipinski definition) is 6. The third-order valence-corrected chi connectivity index (χ3v) is 5.32. The molecule has 162 valence electrons. The summed E-state index contributed by atoms with van der Waals surface area (Å²) in [6.07, 6.45) is 5.17. The van der Waals surface area contributed by atoms with E-state index in [1.807, 2.05) is 0 Å². The number of nitrogens with one attached hydrogen (secondary N) is 1. The summed E-state index contributed by atoms with van der Waals surface area (Å²) in [7, 11) is 1.53. The quantitative estimate of drug-likeness (QED) is 0.595. The first-order chi connectivity index (χ1) is 15.7. The molecule has 1 amide bonds. The first-order valence-electron chi connectivity index (χ1n) is 10.6. The second-order valence-electron chi connectivity index (χ2n) is 7.48. The SMILES string of the molecule is COc1cc(C#N)ccc1Oc1ccc(NC(=O)c2cccnc2N2CCCCC2)cc1.